The normalized spacial score (nSPS) is 17.6. The lowest BCUT2D eigenvalue weighted by Crippen LogP contribution is -1.83. The van der Waals surface area contributed by atoms with Gasteiger partial charge in [0.2, 0.25) is 0 Å². The molecule has 3 aromatic carbocycles. The average molecular weight is 276 g/mol. The van der Waals surface area contributed by atoms with Crippen LogP contribution in [0.3, 0.4) is 0 Å². The summed E-state index contributed by atoms with van der Waals surface area (Å²) in [6.07, 6.45) is 0. The summed E-state index contributed by atoms with van der Waals surface area (Å²) in [6.45, 7) is 2.22. The van der Waals surface area contributed by atoms with Crippen LogP contribution in [0, 0.1) is 6.92 Å². The zero-order valence-electron chi connectivity index (χ0n) is 11.4. The van der Waals surface area contributed by atoms with Gasteiger partial charge in [-0.3, -0.25) is 0 Å². The van der Waals surface area contributed by atoms with E-state index in [2.05, 4.69) is 79.7 Å². The van der Waals surface area contributed by atoms with Crippen molar-refractivity contribution in [3.05, 3.63) is 78.4 Å². The van der Waals surface area contributed by atoms with Crippen LogP contribution < -0.4 is 0 Å². The second kappa shape index (κ2) is 4.53. The van der Waals surface area contributed by atoms with Crippen LogP contribution in [0.25, 0.3) is 11.1 Å². The Hall–Kier alpha value is -1.99. The number of aryl methyl sites for hydroxylation is 1. The van der Waals surface area contributed by atoms with E-state index in [-0.39, 0.29) is 10.9 Å². The van der Waals surface area contributed by atoms with E-state index in [1.807, 2.05) is 0 Å². The minimum atomic E-state index is -0.388. The van der Waals surface area contributed by atoms with Crippen molar-refractivity contribution >= 4 is 10.9 Å². The summed E-state index contributed by atoms with van der Waals surface area (Å²) in [5.74, 6) is 0. The van der Waals surface area contributed by atoms with Gasteiger partial charge in [-0.25, -0.2) is 0 Å². The highest BCUT2D eigenvalue weighted by molar-refractivity contribution is 8.17. The lowest BCUT2D eigenvalue weighted by Gasteiger charge is -2.18. The molecule has 0 N–H and O–H groups in total. The smallest absolute Gasteiger partial charge is 0.00369 e. The largest absolute Gasteiger partial charge is 0.172 e. The van der Waals surface area contributed by atoms with E-state index in [1.54, 1.807) is 0 Å². The van der Waals surface area contributed by atoms with Crippen LogP contribution in [-0.2, 0) is 0 Å². The summed E-state index contributed by atoms with van der Waals surface area (Å²) in [7, 11) is -0.388. The molecule has 3 aromatic rings. The molecule has 0 saturated heterocycles. The Balaban J connectivity index is 2.05. The van der Waals surface area contributed by atoms with Crippen molar-refractivity contribution in [2.75, 3.05) is 0 Å². The molecule has 20 heavy (non-hydrogen) atoms. The van der Waals surface area contributed by atoms with Gasteiger partial charge in [0.25, 0.3) is 0 Å². The number of hydrogen-bond donors (Lipinski definition) is 1. The predicted molar refractivity (Wildman–Crippen MR) is 86.8 cm³/mol. The summed E-state index contributed by atoms with van der Waals surface area (Å²) in [4.78, 5) is 4.45. The van der Waals surface area contributed by atoms with Gasteiger partial charge >= 0.3 is 0 Å². The van der Waals surface area contributed by atoms with E-state index in [0.29, 0.717) is 0 Å². The van der Waals surface area contributed by atoms with Gasteiger partial charge in [-0.2, -0.15) is 10.9 Å². The molecule has 0 fully saturated rings. The Morgan fingerprint density at radius 2 is 1.35 bits per heavy atom. The molecule has 98 valence electrons. The SMILES string of the molecule is Cc1cccc2c1-c1ccccc1[SH]2c1ccccc1. The van der Waals surface area contributed by atoms with Crippen molar-refractivity contribution in [3.8, 4) is 11.1 Å². The fraction of sp³-hybridized carbons (Fsp3) is 0.0526. The summed E-state index contributed by atoms with van der Waals surface area (Å²) in [5, 5.41) is 0. The lowest BCUT2D eigenvalue weighted by molar-refractivity contribution is 1.36. The zero-order valence-corrected chi connectivity index (χ0v) is 12.3. The summed E-state index contributed by atoms with van der Waals surface area (Å²) in [5.41, 5.74) is 4.27. The highest BCUT2D eigenvalue weighted by Crippen LogP contribution is 2.62. The number of hydrogen-bond acceptors (Lipinski definition) is 0. The molecule has 0 bridgehead atoms. The number of thiol groups is 1. The summed E-state index contributed by atoms with van der Waals surface area (Å²) >= 11 is 0. The third kappa shape index (κ3) is 1.63. The van der Waals surface area contributed by atoms with Crippen molar-refractivity contribution in [2.45, 2.75) is 21.6 Å². The van der Waals surface area contributed by atoms with Gasteiger partial charge in [0.15, 0.2) is 0 Å². The van der Waals surface area contributed by atoms with Crippen LogP contribution in [0.4, 0.5) is 0 Å². The average Bonchev–Trinajstić information content (AvgIpc) is 2.84. The molecule has 1 aliphatic heterocycles. The van der Waals surface area contributed by atoms with Gasteiger partial charge < -0.3 is 0 Å². The molecule has 0 radical (unpaired) electrons. The first-order valence-electron chi connectivity index (χ1n) is 6.90. The molecule has 4 rings (SSSR count). The fourth-order valence-corrected chi connectivity index (χ4v) is 5.76. The fourth-order valence-electron chi connectivity index (χ4n) is 3.05. The maximum absolute atomic E-state index is 2.31. The van der Waals surface area contributed by atoms with Crippen molar-refractivity contribution in [2.24, 2.45) is 0 Å². The molecule has 0 aliphatic carbocycles. The van der Waals surface area contributed by atoms with E-state index >= 15 is 0 Å². The van der Waals surface area contributed by atoms with Crippen LogP contribution in [0.15, 0.2) is 87.5 Å². The van der Waals surface area contributed by atoms with E-state index in [0.717, 1.165) is 0 Å². The first kappa shape index (κ1) is 11.8. The molecule has 0 saturated carbocycles. The Kier molecular flexibility index (Phi) is 2.68. The highest BCUT2D eigenvalue weighted by Gasteiger charge is 2.27. The second-order valence-electron chi connectivity index (χ2n) is 5.16. The van der Waals surface area contributed by atoms with Gasteiger partial charge in [0, 0.05) is 9.79 Å². The molecule has 1 aliphatic rings. The Morgan fingerprint density at radius 1 is 0.650 bits per heavy atom. The van der Waals surface area contributed by atoms with Crippen molar-refractivity contribution in [1.82, 2.24) is 0 Å². The first-order chi connectivity index (χ1) is 9.86. The Bertz CT molecular complexity index is 775. The van der Waals surface area contributed by atoms with Gasteiger partial charge in [-0.1, -0.05) is 48.5 Å². The maximum Gasteiger partial charge on any atom is 0.00369 e. The van der Waals surface area contributed by atoms with E-state index in [1.165, 1.54) is 31.4 Å². The molecule has 0 aromatic heterocycles. The van der Waals surface area contributed by atoms with Crippen molar-refractivity contribution < 1.29 is 0 Å². The molecular weight excluding hydrogens is 260 g/mol. The van der Waals surface area contributed by atoms with Gasteiger partial charge in [0.05, 0.1) is 0 Å². The van der Waals surface area contributed by atoms with E-state index in [4.69, 9.17) is 0 Å². The molecule has 1 atom stereocenters. The van der Waals surface area contributed by atoms with Crippen LogP contribution in [0.1, 0.15) is 5.56 Å². The maximum atomic E-state index is 2.31. The minimum absolute atomic E-state index is 0.388. The summed E-state index contributed by atoms with van der Waals surface area (Å²) < 4.78 is 0. The molecular formula is C19H16S. The predicted octanol–water partition coefficient (Wildman–Crippen LogP) is 5.45. The van der Waals surface area contributed by atoms with E-state index in [9.17, 15) is 0 Å². The van der Waals surface area contributed by atoms with Gasteiger partial charge in [-0.05, 0) is 52.8 Å². The number of benzene rings is 3. The zero-order chi connectivity index (χ0) is 13.5. The molecule has 1 heteroatoms. The Morgan fingerprint density at radius 3 is 2.20 bits per heavy atom. The molecule has 0 amide bonds. The standard InChI is InChI=1S/C19H16S/c1-14-8-7-13-18-19(14)16-11-5-6-12-17(16)20(18)15-9-3-2-4-10-15/h2-13,20H,1H3. The third-order valence-electron chi connectivity index (χ3n) is 3.92. The molecule has 1 unspecified atom stereocenters. The van der Waals surface area contributed by atoms with E-state index < -0.39 is 0 Å². The summed E-state index contributed by atoms with van der Waals surface area (Å²) in [6, 6.07) is 26.5. The monoisotopic (exact) mass is 276 g/mol. The van der Waals surface area contributed by atoms with Crippen molar-refractivity contribution in [1.29, 1.82) is 0 Å². The molecule has 0 spiro atoms. The van der Waals surface area contributed by atoms with Gasteiger partial charge in [-0.15, -0.1) is 0 Å². The van der Waals surface area contributed by atoms with Gasteiger partial charge in [0.1, 0.15) is 0 Å². The highest BCUT2D eigenvalue weighted by atomic mass is 32.2. The van der Waals surface area contributed by atoms with Crippen LogP contribution >= 0.6 is 10.9 Å². The first-order valence-corrected chi connectivity index (χ1v) is 8.24. The van der Waals surface area contributed by atoms with Crippen LogP contribution in [0.2, 0.25) is 0 Å². The van der Waals surface area contributed by atoms with Crippen LogP contribution in [-0.4, -0.2) is 0 Å². The molecule has 1 heterocycles. The van der Waals surface area contributed by atoms with Crippen LogP contribution in [0.5, 0.6) is 0 Å². The van der Waals surface area contributed by atoms with Crippen molar-refractivity contribution in [3.63, 3.8) is 0 Å². The second-order valence-corrected chi connectivity index (χ2v) is 7.31. The molecule has 0 nitrogen and oxygen atoms in total. The Labute approximate surface area is 122 Å². The third-order valence-corrected chi connectivity index (χ3v) is 6.46. The topological polar surface area (TPSA) is 0 Å². The number of rotatable bonds is 1. The quantitative estimate of drug-likeness (QED) is 0.439. The lowest BCUT2D eigenvalue weighted by atomic mass is 10.0. The number of fused-ring (bicyclic) bond motifs is 3. The minimum Gasteiger partial charge on any atom is -0.172 e.